The van der Waals surface area contributed by atoms with Crippen LogP contribution in [0.3, 0.4) is 0 Å². The Balaban J connectivity index is 2.65. The molecule has 0 aliphatic rings. The zero-order valence-corrected chi connectivity index (χ0v) is 9.96. The molecule has 2 N–H and O–H groups in total. The molecule has 0 atom stereocenters. The maximum absolute atomic E-state index is 5.82. The van der Waals surface area contributed by atoms with Crippen LogP contribution in [-0.2, 0) is 0 Å². The van der Waals surface area contributed by atoms with Gasteiger partial charge in [-0.3, -0.25) is 0 Å². The molecule has 0 aromatic carbocycles. The van der Waals surface area contributed by atoms with Gasteiger partial charge in [0.25, 0.3) is 0 Å². The summed E-state index contributed by atoms with van der Waals surface area (Å²) >= 11 is 5.82. The number of nitrogen functional groups attached to an aromatic ring is 1. The molecular weight excluding hydrogens is 212 g/mol. The second-order valence-electron chi connectivity index (χ2n) is 3.53. The highest BCUT2D eigenvalue weighted by atomic mass is 35.5. The fourth-order valence-corrected chi connectivity index (χ4v) is 1.50. The average molecular weight is 229 g/mol. The molecule has 0 fully saturated rings. The summed E-state index contributed by atoms with van der Waals surface area (Å²) in [6, 6.07) is 0. The van der Waals surface area contributed by atoms with Crippen molar-refractivity contribution in [2.75, 3.05) is 24.2 Å². The zero-order valence-electron chi connectivity index (χ0n) is 9.20. The zero-order chi connectivity index (χ0) is 11.3. The van der Waals surface area contributed by atoms with E-state index >= 15 is 0 Å². The normalized spacial score (nSPS) is 10.3. The number of nitrogens with zero attached hydrogens (tertiary/aromatic N) is 3. The summed E-state index contributed by atoms with van der Waals surface area (Å²) in [5.74, 6) is 0.714. The van der Waals surface area contributed by atoms with E-state index in [9.17, 15) is 0 Å². The van der Waals surface area contributed by atoms with E-state index in [1.54, 1.807) is 0 Å². The highest BCUT2D eigenvalue weighted by Crippen LogP contribution is 2.24. The fourth-order valence-electron chi connectivity index (χ4n) is 1.37. The molecule has 1 aromatic rings. The first kappa shape index (κ1) is 12.0. The van der Waals surface area contributed by atoms with Crippen LogP contribution in [0.4, 0.5) is 11.5 Å². The topological polar surface area (TPSA) is 55.0 Å². The summed E-state index contributed by atoms with van der Waals surface area (Å²) in [4.78, 5) is 9.96. The summed E-state index contributed by atoms with van der Waals surface area (Å²) in [6.07, 6.45) is 4.98. The first-order valence-corrected chi connectivity index (χ1v) is 5.51. The van der Waals surface area contributed by atoms with Gasteiger partial charge < -0.3 is 10.6 Å². The number of nitrogens with two attached hydrogens (primary N) is 1. The fraction of sp³-hybridized carbons (Fsp3) is 0.600. The first-order valence-electron chi connectivity index (χ1n) is 5.14. The Hall–Kier alpha value is -1.03. The van der Waals surface area contributed by atoms with Gasteiger partial charge >= 0.3 is 0 Å². The standard InChI is InChI=1S/C10H17ClN4/c1-3-4-5-6-15(2)10-8(12)9(11)13-7-14-10/h7H,3-6,12H2,1-2H3. The third kappa shape index (κ3) is 3.23. The predicted molar refractivity (Wildman–Crippen MR) is 64.2 cm³/mol. The Morgan fingerprint density at radius 3 is 2.80 bits per heavy atom. The highest BCUT2D eigenvalue weighted by Gasteiger charge is 2.09. The van der Waals surface area contributed by atoms with Crippen LogP contribution in [0.15, 0.2) is 6.33 Å². The lowest BCUT2D eigenvalue weighted by molar-refractivity contribution is 0.701. The van der Waals surface area contributed by atoms with Crippen molar-refractivity contribution in [2.24, 2.45) is 0 Å². The van der Waals surface area contributed by atoms with Crippen LogP contribution in [0.5, 0.6) is 0 Å². The average Bonchev–Trinajstić information content (AvgIpc) is 2.22. The summed E-state index contributed by atoms with van der Waals surface area (Å²) in [5, 5.41) is 0.322. The number of hydrogen-bond donors (Lipinski definition) is 1. The Morgan fingerprint density at radius 2 is 2.13 bits per heavy atom. The molecule has 15 heavy (non-hydrogen) atoms. The Labute approximate surface area is 95.5 Å². The molecule has 4 nitrogen and oxygen atoms in total. The molecule has 0 saturated carbocycles. The number of aromatic nitrogens is 2. The van der Waals surface area contributed by atoms with Crippen molar-refractivity contribution in [2.45, 2.75) is 26.2 Å². The van der Waals surface area contributed by atoms with E-state index in [1.807, 2.05) is 11.9 Å². The predicted octanol–water partition coefficient (Wildman–Crippen LogP) is 2.34. The lowest BCUT2D eigenvalue weighted by atomic mass is 10.2. The van der Waals surface area contributed by atoms with Crippen LogP contribution in [0.2, 0.25) is 5.15 Å². The van der Waals surface area contributed by atoms with Gasteiger partial charge in [-0.05, 0) is 6.42 Å². The Morgan fingerprint density at radius 1 is 1.40 bits per heavy atom. The van der Waals surface area contributed by atoms with E-state index in [0.29, 0.717) is 16.7 Å². The van der Waals surface area contributed by atoms with Gasteiger partial charge in [0.1, 0.15) is 12.0 Å². The van der Waals surface area contributed by atoms with Crippen molar-refractivity contribution in [1.82, 2.24) is 9.97 Å². The maximum Gasteiger partial charge on any atom is 0.157 e. The van der Waals surface area contributed by atoms with Crippen LogP contribution in [0, 0.1) is 0 Å². The minimum atomic E-state index is 0.322. The third-order valence-corrected chi connectivity index (χ3v) is 2.57. The minimum absolute atomic E-state index is 0.322. The molecular formula is C10H17ClN4. The van der Waals surface area contributed by atoms with Crippen molar-refractivity contribution < 1.29 is 0 Å². The van der Waals surface area contributed by atoms with Gasteiger partial charge in [-0.2, -0.15) is 0 Å². The van der Waals surface area contributed by atoms with Crippen LogP contribution < -0.4 is 10.6 Å². The lowest BCUT2D eigenvalue weighted by Crippen LogP contribution is -2.21. The SMILES string of the molecule is CCCCCN(C)c1ncnc(Cl)c1N. The van der Waals surface area contributed by atoms with Gasteiger partial charge in [-0.25, -0.2) is 9.97 Å². The largest absolute Gasteiger partial charge is 0.393 e. The van der Waals surface area contributed by atoms with Crippen LogP contribution >= 0.6 is 11.6 Å². The van der Waals surface area contributed by atoms with Crippen molar-refractivity contribution in [3.63, 3.8) is 0 Å². The summed E-state index contributed by atoms with van der Waals surface area (Å²) in [6.45, 7) is 3.11. The van der Waals surface area contributed by atoms with Crippen LogP contribution in [0.1, 0.15) is 26.2 Å². The van der Waals surface area contributed by atoms with Crippen molar-refractivity contribution in [1.29, 1.82) is 0 Å². The Kier molecular flexibility index (Phi) is 4.62. The second kappa shape index (κ2) is 5.75. The summed E-state index contributed by atoms with van der Waals surface area (Å²) in [7, 11) is 1.96. The number of unbranched alkanes of at least 4 members (excludes halogenated alkanes) is 2. The van der Waals surface area contributed by atoms with Crippen LogP contribution in [-0.4, -0.2) is 23.6 Å². The molecule has 5 heteroatoms. The molecule has 0 aliphatic carbocycles. The van der Waals surface area contributed by atoms with E-state index in [1.165, 1.54) is 19.2 Å². The highest BCUT2D eigenvalue weighted by molar-refractivity contribution is 6.32. The lowest BCUT2D eigenvalue weighted by Gasteiger charge is -2.19. The smallest absolute Gasteiger partial charge is 0.157 e. The number of halogens is 1. The van der Waals surface area contributed by atoms with Gasteiger partial charge in [-0.15, -0.1) is 0 Å². The first-order chi connectivity index (χ1) is 7.16. The molecule has 0 radical (unpaired) electrons. The molecule has 0 bridgehead atoms. The molecule has 1 heterocycles. The van der Waals surface area contributed by atoms with Crippen molar-refractivity contribution >= 4 is 23.1 Å². The molecule has 0 aliphatic heterocycles. The van der Waals surface area contributed by atoms with E-state index in [4.69, 9.17) is 17.3 Å². The van der Waals surface area contributed by atoms with Gasteiger partial charge in [0.2, 0.25) is 0 Å². The molecule has 0 saturated heterocycles. The summed E-state index contributed by atoms with van der Waals surface area (Å²) in [5.41, 5.74) is 6.25. The number of hydrogen-bond acceptors (Lipinski definition) is 4. The number of anilines is 2. The van der Waals surface area contributed by atoms with E-state index < -0.39 is 0 Å². The van der Waals surface area contributed by atoms with E-state index in [0.717, 1.165) is 13.0 Å². The summed E-state index contributed by atoms with van der Waals surface area (Å²) < 4.78 is 0. The quantitative estimate of drug-likeness (QED) is 0.621. The molecule has 0 unspecified atom stereocenters. The molecule has 0 spiro atoms. The van der Waals surface area contributed by atoms with Crippen LogP contribution in [0.25, 0.3) is 0 Å². The Bertz CT molecular complexity index is 316. The monoisotopic (exact) mass is 228 g/mol. The maximum atomic E-state index is 5.82. The van der Waals surface area contributed by atoms with Crippen molar-refractivity contribution in [3.05, 3.63) is 11.5 Å². The van der Waals surface area contributed by atoms with Gasteiger partial charge in [0.05, 0.1) is 0 Å². The molecule has 0 amide bonds. The van der Waals surface area contributed by atoms with E-state index in [-0.39, 0.29) is 0 Å². The van der Waals surface area contributed by atoms with E-state index in [2.05, 4.69) is 16.9 Å². The van der Waals surface area contributed by atoms with Crippen molar-refractivity contribution in [3.8, 4) is 0 Å². The van der Waals surface area contributed by atoms with Gasteiger partial charge in [0.15, 0.2) is 11.0 Å². The minimum Gasteiger partial charge on any atom is -0.393 e. The third-order valence-electron chi connectivity index (χ3n) is 2.27. The van der Waals surface area contributed by atoms with Gasteiger partial charge in [0, 0.05) is 13.6 Å². The molecule has 1 aromatic heterocycles. The second-order valence-corrected chi connectivity index (χ2v) is 3.89. The van der Waals surface area contributed by atoms with Gasteiger partial charge in [-0.1, -0.05) is 31.4 Å². The number of rotatable bonds is 5. The molecule has 84 valence electrons. The molecule has 1 rings (SSSR count).